The van der Waals surface area contributed by atoms with E-state index in [2.05, 4.69) is 37.1 Å². The summed E-state index contributed by atoms with van der Waals surface area (Å²) in [6.07, 6.45) is 4.35. The average molecular weight is 522 g/mol. The number of imidazole rings is 1. The Hall–Kier alpha value is -3.50. The largest absolute Gasteiger partial charge is 0.390 e. The van der Waals surface area contributed by atoms with Crippen LogP contribution in [0.1, 0.15) is 64.0 Å². The Morgan fingerprint density at radius 1 is 1.00 bits per heavy atom. The van der Waals surface area contributed by atoms with Crippen molar-refractivity contribution in [1.82, 2.24) is 29.4 Å². The number of nitrogens with zero attached hydrogens (tertiary/aromatic N) is 6. The highest BCUT2D eigenvalue weighted by molar-refractivity contribution is 5.83. The van der Waals surface area contributed by atoms with Gasteiger partial charge in [0.2, 0.25) is 5.95 Å². The Balaban J connectivity index is 1.37. The second kappa shape index (κ2) is 9.99. The fraction of sp³-hybridized carbons (Fsp3) is 0.429. The molecule has 3 aromatic heterocycles. The summed E-state index contributed by atoms with van der Waals surface area (Å²) < 4.78 is 31.7. The van der Waals surface area contributed by atoms with Gasteiger partial charge in [0, 0.05) is 36.9 Å². The molecule has 1 aliphatic rings. The van der Waals surface area contributed by atoms with E-state index in [1.165, 1.54) is 6.07 Å². The zero-order valence-corrected chi connectivity index (χ0v) is 22.3. The van der Waals surface area contributed by atoms with E-state index in [0.717, 1.165) is 37.7 Å². The molecule has 4 heterocycles. The van der Waals surface area contributed by atoms with Crippen molar-refractivity contribution >= 4 is 22.8 Å². The van der Waals surface area contributed by atoms with Crippen LogP contribution in [0.25, 0.3) is 22.3 Å². The lowest BCUT2D eigenvalue weighted by molar-refractivity contribution is -0.0149. The first-order valence-corrected chi connectivity index (χ1v) is 12.9. The number of anilines is 2. The lowest BCUT2D eigenvalue weighted by Gasteiger charge is -2.39. The van der Waals surface area contributed by atoms with Crippen LogP contribution in [0.3, 0.4) is 0 Å². The molecule has 0 saturated carbocycles. The first-order chi connectivity index (χ1) is 18.0. The van der Waals surface area contributed by atoms with Crippen molar-refractivity contribution in [3.63, 3.8) is 0 Å². The number of hydrogen-bond donors (Lipinski definition) is 2. The molecule has 4 aromatic rings. The molecule has 5 rings (SSSR count). The van der Waals surface area contributed by atoms with Gasteiger partial charge in [0.1, 0.15) is 22.9 Å². The van der Waals surface area contributed by atoms with Gasteiger partial charge in [-0.25, -0.2) is 28.7 Å². The molecule has 0 amide bonds. The molecule has 1 saturated heterocycles. The van der Waals surface area contributed by atoms with Crippen LogP contribution in [0.5, 0.6) is 0 Å². The minimum Gasteiger partial charge on any atom is -0.390 e. The Morgan fingerprint density at radius 2 is 1.74 bits per heavy atom. The van der Waals surface area contributed by atoms with Gasteiger partial charge in [-0.3, -0.25) is 4.90 Å². The standard InChI is InChI=1S/C28H33F2N7O/c1-16(2)37-18(4)33-26-21(29)12-20(13-23(26)37)25-22(30)15-32-27(35-25)34-24-7-6-19(14-31-24)17(3)36-10-8-28(5,38)9-11-36/h6-7,12-17,38H,8-11H2,1-5H3,(H,31,32,34,35). The Morgan fingerprint density at radius 3 is 2.39 bits per heavy atom. The van der Waals surface area contributed by atoms with E-state index in [9.17, 15) is 13.9 Å². The monoisotopic (exact) mass is 521 g/mol. The molecule has 8 nitrogen and oxygen atoms in total. The maximum Gasteiger partial charge on any atom is 0.229 e. The van der Waals surface area contributed by atoms with Gasteiger partial charge in [-0.1, -0.05) is 6.07 Å². The van der Waals surface area contributed by atoms with E-state index >= 15 is 0 Å². The van der Waals surface area contributed by atoms with Crippen LogP contribution in [0.4, 0.5) is 20.5 Å². The molecule has 0 bridgehead atoms. The van der Waals surface area contributed by atoms with Crippen LogP contribution in [0.2, 0.25) is 0 Å². The molecule has 0 spiro atoms. The number of nitrogens with one attached hydrogen (secondary N) is 1. The lowest BCUT2D eigenvalue weighted by Crippen LogP contribution is -2.43. The number of rotatable bonds is 6. The minimum absolute atomic E-state index is 0.0105. The topological polar surface area (TPSA) is 92.0 Å². The number of piperidine rings is 1. The van der Waals surface area contributed by atoms with Crippen LogP contribution < -0.4 is 5.32 Å². The van der Waals surface area contributed by atoms with Gasteiger partial charge < -0.3 is 15.0 Å². The van der Waals surface area contributed by atoms with Gasteiger partial charge in [0.15, 0.2) is 11.6 Å². The molecule has 1 fully saturated rings. The van der Waals surface area contributed by atoms with E-state index in [0.29, 0.717) is 22.7 Å². The smallest absolute Gasteiger partial charge is 0.229 e. The van der Waals surface area contributed by atoms with E-state index in [4.69, 9.17) is 0 Å². The van der Waals surface area contributed by atoms with Gasteiger partial charge in [-0.15, -0.1) is 0 Å². The third-order valence-corrected chi connectivity index (χ3v) is 7.39. The maximum atomic E-state index is 15.0. The minimum atomic E-state index is -0.653. The number of benzene rings is 1. The molecule has 0 aliphatic carbocycles. The van der Waals surface area contributed by atoms with E-state index in [1.54, 1.807) is 12.3 Å². The van der Waals surface area contributed by atoms with Gasteiger partial charge >= 0.3 is 0 Å². The molecule has 2 N–H and O–H groups in total. The van der Waals surface area contributed by atoms with Crippen molar-refractivity contribution < 1.29 is 13.9 Å². The number of aromatic nitrogens is 5. The molecule has 1 atom stereocenters. The van der Waals surface area contributed by atoms with Gasteiger partial charge in [0.05, 0.1) is 17.3 Å². The molecule has 0 radical (unpaired) electrons. The van der Waals surface area contributed by atoms with Crippen LogP contribution in [-0.2, 0) is 0 Å². The number of pyridine rings is 1. The highest BCUT2D eigenvalue weighted by Crippen LogP contribution is 2.31. The molecular formula is C28H33F2N7O. The molecule has 10 heteroatoms. The Labute approximate surface area is 220 Å². The van der Waals surface area contributed by atoms with Crippen LogP contribution in [0, 0.1) is 18.6 Å². The first-order valence-electron chi connectivity index (χ1n) is 12.9. The normalized spacial score (nSPS) is 16.8. The van der Waals surface area contributed by atoms with Crippen LogP contribution in [-0.4, -0.2) is 53.2 Å². The summed E-state index contributed by atoms with van der Waals surface area (Å²) in [6.45, 7) is 11.5. The van der Waals surface area contributed by atoms with Crippen LogP contribution in [0.15, 0.2) is 36.7 Å². The van der Waals surface area contributed by atoms with Gasteiger partial charge in [-0.2, -0.15) is 0 Å². The van der Waals surface area contributed by atoms with Crippen molar-refractivity contribution in [3.8, 4) is 11.3 Å². The van der Waals surface area contributed by atoms with Crippen molar-refractivity contribution in [3.05, 3.63) is 59.7 Å². The number of aryl methyl sites for hydroxylation is 1. The summed E-state index contributed by atoms with van der Waals surface area (Å²) in [5.41, 5.74) is 1.59. The fourth-order valence-corrected chi connectivity index (χ4v) is 5.13. The highest BCUT2D eigenvalue weighted by Gasteiger charge is 2.30. The Kier molecular flexibility index (Phi) is 6.87. The summed E-state index contributed by atoms with van der Waals surface area (Å²) >= 11 is 0. The number of fused-ring (bicyclic) bond motifs is 1. The Bertz CT molecular complexity index is 1460. The summed E-state index contributed by atoms with van der Waals surface area (Å²) in [4.78, 5) is 19.6. The summed E-state index contributed by atoms with van der Waals surface area (Å²) in [6, 6.07) is 6.99. The second-order valence-electron chi connectivity index (χ2n) is 10.6. The van der Waals surface area contributed by atoms with Gasteiger partial charge in [0.25, 0.3) is 0 Å². The quantitative estimate of drug-likeness (QED) is 0.336. The number of halogens is 2. The number of likely N-dealkylation sites (tertiary alicyclic amines) is 1. The third-order valence-electron chi connectivity index (χ3n) is 7.39. The van der Waals surface area contributed by atoms with E-state index < -0.39 is 17.2 Å². The maximum absolute atomic E-state index is 15.0. The second-order valence-corrected chi connectivity index (χ2v) is 10.6. The summed E-state index contributed by atoms with van der Waals surface area (Å²) in [5, 5.41) is 13.2. The zero-order valence-electron chi connectivity index (χ0n) is 22.3. The van der Waals surface area contributed by atoms with E-state index in [1.807, 2.05) is 44.4 Å². The van der Waals surface area contributed by atoms with Crippen molar-refractivity contribution in [2.75, 3.05) is 18.4 Å². The summed E-state index contributed by atoms with van der Waals surface area (Å²) in [5.74, 6) is 0.167. The van der Waals surface area contributed by atoms with Crippen molar-refractivity contribution in [2.24, 2.45) is 0 Å². The molecule has 1 unspecified atom stereocenters. The SMILES string of the molecule is Cc1nc2c(F)cc(-c3nc(Nc4ccc(C(C)N5CCC(C)(O)CC5)cn4)ncc3F)cc2n1C(C)C. The molecule has 38 heavy (non-hydrogen) atoms. The molecule has 200 valence electrons. The predicted octanol–water partition coefficient (Wildman–Crippen LogP) is 5.71. The van der Waals surface area contributed by atoms with Gasteiger partial charge in [-0.05, 0) is 71.2 Å². The van der Waals surface area contributed by atoms with Crippen molar-refractivity contribution in [2.45, 2.75) is 65.1 Å². The molecule has 1 aromatic carbocycles. The van der Waals surface area contributed by atoms with Crippen LogP contribution >= 0.6 is 0 Å². The molecular weight excluding hydrogens is 488 g/mol. The predicted molar refractivity (Wildman–Crippen MR) is 143 cm³/mol. The third kappa shape index (κ3) is 5.10. The van der Waals surface area contributed by atoms with E-state index in [-0.39, 0.29) is 29.2 Å². The molecule has 1 aliphatic heterocycles. The highest BCUT2D eigenvalue weighted by atomic mass is 19.1. The fourth-order valence-electron chi connectivity index (χ4n) is 5.13. The zero-order chi connectivity index (χ0) is 27.2. The number of hydrogen-bond acceptors (Lipinski definition) is 7. The first kappa shape index (κ1) is 26.1. The average Bonchev–Trinajstić information content (AvgIpc) is 3.22. The number of aliphatic hydroxyl groups is 1. The summed E-state index contributed by atoms with van der Waals surface area (Å²) in [7, 11) is 0. The lowest BCUT2D eigenvalue weighted by atomic mass is 9.92. The van der Waals surface area contributed by atoms with Crippen molar-refractivity contribution in [1.29, 1.82) is 0 Å².